The third-order valence-electron chi connectivity index (χ3n) is 1.27. The van der Waals surface area contributed by atoms with Gasteiger partial charge in [-0.1, -0.05) is 15.9 Å². The molecule has 0 atom stereocenters. The van der Waals surface area contributed by atoms with Gasteiger partial charge in [0.05, 0.1) is 12.8 Å². The average molecular weight is 228 g/mol. The van der Waals surface area contributed by atoms with Crippen LogP contribution in [0.2, 0.25) is 0 Å². The number of ether oxygens (including phenoxy) is 1. The van der Waals surface area contributed by atoms with E-state index in [9.17, 15) is 4.79 Å². The van der Waals surface area contributed by atoms with Gasteiger partial charge in [0, 0.05) is 10.5 Å². The van der Waals surface area contributed by atoms with E-state index in [1.807, 2.05) is 0 Å². The van der Waals surface area contributed by atoms with Gasteiger partial charge in [-0.25, -0.2) is 4.79 Å². The van der Waals surface area contributed by atoms with E-state index < -0.39 is 0 Å². The van der Waals surface area contributed by atoms with Crippen molar-refractivity contribution in [2.45, 2.75) is 0 Å². The number of aliphatic imine (C=N–C) groups is 1. The van der Waals surface area contributed by atoms with E-state index in [1.165, 1.54) is 6.08 Å². The molecule has 0 bridgehead atoms. The van der Waals surface area contributed by atoms with Gasteiger partial charge in [-0.05, 0) is 12.1 Å². The Balaban J connectivity index is 3.14. The van der Waals surface area contributed by atoms with Crippen molar-refractivity contribution < 1.29 is 9.53 Å². The molecule has 0 spiro atoms. The standard InChI is InChI=1S/C8H6BrNO2/c1-12-8-3-6(9)2-7(4-8)10-5-11/h2-4H,1H3. The molecular formula is C8H6BrNO2. The van der Waals surface area contributed by atoms with E-state index in [1.54, 1.807) is 25.3 Å². The molecule has 1 aromatic rings. The fourth-order valence-electron chi connectivity index (χ4n) is 0.783. The van der Waals surface area contributed by atoms with Crippen molar-refractivity contribution in [1.29, 1.82) is 0 Å². The van der Waals surface area contributed by atoms with Crippen molar-refractivity contribution in [3.63, 3.8) is 0 Å². The molecule has 4 heteroatoms. The number of methoxy groups -OCH3 is 1. The summed E-state index contributed by atoms with van der Waals surface area (Å²) in [5.41, 5.74) is 0.524. The fraction of sp³-hybridized carbons (Fsp3) is 0.125. The number of halogens is 1. The number of benzene rings is 1. The van der Waals surface area contributed by atoms with Crippen molar-refractivity contribution >= 4 is 27.7 Å². The molecule has 0 N–H and O–H groups in total. The lowest BCUT2D eigenvalue weighted by Crippen LogP contribution is -1.81. The van der Waals surface area contributed by atoms with Gasteiger partial charge >= 0.3 is 0 Å². The van der Waals surface area contributed by atoms with Gasteiger partial charge in [0.1, 0.15) is 5.75 Å². The molecule has 0 aromatic heterocycles. The molecule has 1 aromatic carbocycles. The Morgan fingerprint density at radius 1 is 1.50 bits per heavy atom. The van der Waals surface area contributed by atoms with Crippen LogP contribution in [0.5, 0.6) is 5.75 Å². The van der Waals surface area contributed by atoms with E-state index in [-0.39, 0.29) is 0 Å². The molecule has 0 fully saturated rings. The third-order valence-corrected chi connectivity index (χ3v) is 1.72. The molecule has 0 aliphatic carbocycles. The predicted molar refractivity (Wildman–Crippen MR) is 48.5 cm³/mol. The summed E-state index contributed by atoms with van der Waals surface area (Å²) in [7, 11) is 1.55. The minimum absolute atomic E-state index is 0.524. The Morgan fingerprint density at radius 2 is 2.25 bits per heavy atom. The van der Waals surface area contributed by atoms with Crippen LogP contribution in [-0.4, -0.2) is 13.2 Å². The molecule has 0 aliphatic heterocycles. The maximum atomic E-state index is 9.94. The van der Waals surface area contributed by atoms with Crippen LogP contribution in [0.25, 0.3) is 0 Å². The smallest absolute Gasteiger partial charge is 0.240 e. The van der Waals surface area contributed by atoms with Crippen molar-refractivity contribution in [1.82, 2.24) is 0 Å². The van der Waals surface area contributed by atoms with E-state index in [0.717, 1.165) is 4.47 Å². The summed E-state index contributed by atoms with van der Waals surface area (Å²) in [6.45, 7) is 0. The molecule has 0 unspecified atom stereocenters. The number of hydrogen-bond acceptors (Lipinski definition) is 3. The minimum Gasteiger partial charge on any atom is -0.497 e. The molecule has 0 heterocycles. The molecule has 0 radical (unpaired) electrons. The minimum atomic E-state index is 0.524. The highest BCUT2D eigenvalue weighted by Crippen LogP contribution is 2.25. The second kappa shape index (κ2) is 4.04. The van der Waals surface area contributed by atoms with Crippen LogP contribution in [0.1, 0.15) is 0 Å². The molecule has 1 rings (SSSR count). The molecule has 0 saturated carbocycles. The van der Waals surface area contributed by atoms with Crippen LogP contribution in [0.3, 0.4) is 0 Å². The van der Waals surface area contributed by atoms with Crippen molar-refractivity contribution in [2.75, 3.05) is 7.11 Å². The first-order chi connectivity index (χ1) is 5.76. The summed E-state index contributed by atoms with van der Waals surface area (Å²) in [4.78, 5) is 13.4. The number of nitrogens with zero attached hydrogens (tertiary/aromatic N) is 1. The third kappa shape index (κ3) is 2.19. The van der Waals surface area contributed by atoms with Crippen LogP contribution in [0.4, 0.5) is 5.69 Å². The molecule has 12 heavy (non-hydrogen) atoms. The normalized spacial score (nSPS) is 8.83. The highest BCUT2D eigenvalue weighted by atomic mass is 79.9. The summed E-state index contributed by atoms with van der Waals surface area (Å²) in [6, 6.07) is 5.13. The maximum absolute atomic E-state index is 9.94. The summed E-state index contributed by atoms with van der Waals surface area (Å²) in [6.07, 6.45) is 1.46. The van der Waals surface area contributed by atoms with Crippen LogP contribution >= 0.6 is 15.9 Å². The van der Waals surface area contributed by atoms with Gasteiger partial charge in [-0.15, -0.1) is 0 Å². The lowest BCUT2D eigenvalue weighted by molar-refractivity contribution is 0.414. The predicted octanol–water partition coefficient (Wildman–Crippen LogP) is 2.42. The molecule has 62 valence electrons. The zero-order valence-electron chi connectivity index (χ0n) is 6.37. The Hall–Kier alpha value is -1.12. The summed E-state index contributed by atoms with van der Waals surface area (Å²) in [5, 5.41) is 0. The number of isocyanates is 1. The van der Waals surface area contributed by atoms with E-state index in [4.69, 9.17) is 4.74 Å². The largest absolute Gasteiger partial charge is 0.497 e. The van der Waals surface area contributed by atoms with Gasteiger partial charge < -0.3 is 4.74 Å². The second-order valence-electron chi connectivity index (χ2n) is 2.05. The Labute approximate surface area is 78.2 Å². The molecule has 0 aliphatic rings. The highest BCUT2D eigenvalue weighted by Gasteiger charge is 1.97. The summed E-state index contributed by atoms with van der Waals surface area (Å²) in [5.74, 6) is 0.651. The summed E-state index contributed by atoms with van der Waals surface area (Å²) >= 11 is 3.25. The monoisotopic (exact) mass is 227 g/mol. The van der Waals surface area contributed by atoms with Crippen LogP contribution < -0.4 is 4.74 Å². The Morgan fingerprint density at radius 3 is 2.83 bits per heavy atom. The van der Waals surface area contributed by atoms with Crippen LogP contribution in [-0.2, 0) is 4.79 Å². The molecule has 0 saturated heterocycles. The van der Waals surface area contributed by atoms with Crippen LogP contribution in [0, 0.1) is 0 Å². The zero-order valence-corrected chi connectivity index (χ0v) is 7.96. The van der Waals surface area contributed by atoms with Gasteiger partial charge in [-0.3, -0.25) is 0 Å². The van der Waals surface area contributed by atoms with Crippen molar-refractivity contribution in [2.24, 2.45) is 4.99 Å². The Bertz CT molecular complexity index is 332. The van der Waals surface area contributed by atoms with E-state index >= 15 is 0 Å². The first-order valence-electron chi connectivity index (χ1n) is 3.18. The second-order valence-corrected chi connectivity index (χ2v) is 2.97. The van der Waals surface area contributed by atoms with Gasteiger partial charge in [-0.2, -0.15) is 4.99 Å². The average Bonchev–Trinajstić information content (AvgIpc) is 2.04. The first-order valence-corrected chi connectivity index (χ1v) is 3.98. The fourth-order valence-corrected chi connectivity index (χ4v) is 1.24. The quantitative estimate of drug-likeness (QED) is 0.575. The van der Waals surface area contributed by atoms with Crippen molar-refractivity contribution in [3.05, 3.63) is 22.7 Å². The summed E-state index contributed by atoms with van der Waals surface area (Å²) < 4.78 is 5.78. The van der Waals surface area contributed by atoms with Gasteiger partial charge in [0.15, 0.2) is 0 Å². The van der Waals surface area contributed by atoms with Crippen molar-refractivity contribution in [3.8, 4) is 5.75 Å². The molecule has 0 amide bonds. The van der Waals surface area contributed by atoms with E-state index in [2.05, 4.69) is 20.9 Å². The van der Waals surface area contributed by atoms with Gasteiger partial charge in [0.2, 0.25) is 6.08 Å². The Kier molecular flexibility index (Phi) is 3.02. The zero-order chi connectivity index (χ0) is 8.97. The van der Waals surface area contributed by atoms with Gasteiger partial charge in [0.25, 0.3) is 0 Å². The lowest BCUT2D eigenvalue weighted by atomic mass is 10.3. The highest BCUT2D eigenvalue weighted by molar-refractivity contribution is 9.10. The molecule has 3 nitrogen and oxygen atoms in total. The number of rotatable bonds is 2. The number of hydrogen-bond donors (Lipinski definition) is 0. The van der Waals surface area contributed by atoms with E-state index in [0.29, 0.717) is 11.4 Å². The first kappa shape index (κ1) is 8.97. The molecular weight excluding hydrogens is 222 g/mol. The lowest BCUT2D eigenvalue weighted by Gasteiger charge is -2.00. The number of carbonyl (C=O) groups excluding carboxylic acids is 1. The topological polar surface area (TPSA) is 38.7 Å². The van der Waals surface area contributed by atoms with Crippen LogP contribution in [0.15, 0.2) is 27.7 Å². The SMILES string of the molecule is COc1cc(Br)cc(N=C=O)c1. The maximum Gasteiger partial charge on any atom is 0.240 e.